The summed E-state index contributed by atoms with van der Waals surface area (Å²) in [5, 5.41) is 12.9. The lowest BCUT2D eigenvalue weighted by Gasteiger charge is -2.26. The average molecular weight is 549 g/mol. The molecular weight excluding hydrogens is 512 g/mol. The summed E-state index contributed by atoms with van der Waals surface area (Å²) in [4.78, 5) is 36.8. The highest BCUT2D eigenvalue weighted by Crippen LogP contribution is 2.28. The van der Waals surface area contributed by atoms with E-state index in [4.69, 9.17) is 4.74 Å². The second-order valence-electron chi connectivity index (χ2n) is 8.95. The van der Waals surface area contributed by atoms with E-state index in [0.717, 1.165) is 23.4 Å². The van der Waals surface area contributed by atoms with Crippen LogP contribution in [0.1, 0.15) is 39.2 Å². The van der Waals surface area contributed by atoms with Gasteiger partial charge in [0.2, 0.25) is 16.0 Å². The molecule has 0 spiro atoms. The Kier molecular flexibility index (Phi) is 9.72. The number of amides is 1. The Morgan fingerprint density at radius 2 is 1.74 bits per heavy atom. The van der Waals surface area contributed by atoms with Crippen molar-refractivity contribution in [3.05, 3.63) is 36.0 Å². The lowest BCUT2D eigenvalue weighted by Crippen LogP contribution is -2.35. The summed E-state index contributed by atoms with van der Waals surface area (Å²) >= 11 is 0. The van der Waals surface area contributed by atoms with E-state index >= 15 is 0 Å². The van der Waals surface area contributed by atoms with Crippen LogP contribution in [0.2, 0.25) is 0 Å². The van der Waals surface area contributed by atoms with E-state index in [1.54, 1.807) is 36.1 Å². The Bertz CT molecular complexity index is 1210. The Morgan fingerprint density at radius 1 is 1.11 bits per heavy atom. The number of carboxylic acid groups (broad SMARTS) is 1. The van der Waals surface area contributed by atoms with Crippen molar-refractivity contribution in [2.24, 2.45) is 0 Å². The number of likely N-dealkylation sites (tertiary alicyclic amines) is 1. The van der Waals surface area contributed by atoms with E-state index in [1.165, 1.54) is 6.20 Å². The Hall–Kier alpha value is -3.61. The molecular formula is C25H36N6O6S. The van der Waals surface area contributed by atoms with Crippen LogP contribution >= 0.6 is 0 Å². The fourth-order valence-corrected chi connectivity index (χ4v) is 5.22. The minimum atomic E-state index is -3.66. The number of rotatable bonds is 12. The molecule has 1 aliphatic rings. The number of nitrogens with one attached hydrogen (secondary N) is 1. The number of benzene rings is 1. The molecule has 1 aromatic heterocycles. The summed E-state index contributed by atoms with van der Waals surface area (Å²) in [6.45, 7) is 8.28. The minimum Gasteiger partial charge on any atom is -0.480 e. The van der Waals surface area contributed by atoms with Crippen LogP contribution in [-0.4, -0.2) is 85.5 Å². The largest absolute Gasteiger partial charge is 0.480 e. The Labute approximate surface area is 223 Å². The maximum atomic E-state index is 12.4. The third-order valence-corrected chi connectivity index (χ3v) is 7.56. The van der Waals surface area contributed by atoms with Gasteiger partial charge in [-0.2, -0.15) is 4.98 Å². The van der Waals surface area contributed by atoms with Crippen LogP contribution in [-0.2, 0) is 21.2 Å². The monoisotopic (exact) mass is 548 g/mol. The van der Waals surface area contributed by atoms with E-state index in [0.29, 0.717) is 43.4 Å². The van der Waals surface area contributed by atoms with Crippen LogP contribution in [0.25, 0.3) is 0 Å². The molecule has 1 aliphatic heterocycles. The van der Waals surface area contributed by atoms with Gasteiger partial charge in [-0.05, 0) is 51.3 Å². The third kappa shape index (κ3) is 7.24. The molecule has 208 valence electrons. The first-order valence-electron chi connectivity index (χ1n) is 12.7. The summed E-state index contributed by atoms with van der Waals surface area (Å²) in [6, 6.07) is 5.52. The number of carbonyl (C=O) groups excluding carboxylic acids is 1. The number of hydrogen-bond donors (Lipinski definition) is 2. The number of sulfonamides is 1. The first-order chi connectivity index (χ1) is 18.1. The molecule has 0 unspecified atom stereocenters. The molecule has 2 heterocycles. The molecule has 1 amide bonds. The van der Waals surface area contributed by atoms with E-state index in [-0.39, 0.29) is 24.5 Å². The molecule has 2 N–H and O–H groups in total. The molecule has 0 saturated carbocycles. The quantitative estimate of drug-likeness (QED) is 0.406. The molecule has 1 atom stereocenters. The van der Waals surface area contributed by atoms with E-state index in [9.17, 15) is 23.1 Å². The van der Waals surface area contributed by atoms with Gasteiger partial charge in [0.15, 0.2) is 5.82 Å². The number of aliphatic carboxylic acids is 1. The van der Waals surface area contributed by atoms with Gasteiger partial charge in [-0.15, -0.1) is 0 Å². The van der Waals surface area contributed by atoms with E-state index < -0.39 is 28.1 Å². The number of hydrogen-bond acceptors (Lipinski definition) is 9. The molecule has 13 heteroatoms. The number of carboxylic acids is 1. The Balaban J connectivity index is 1.85. The summed E-state index contributed by atoms with van der Waals surface area (Å²) in [5.41, 5.74) is 0.849. The molecule has 1 fully saturated rings. The van der Waals surface area contributed by atoms with Crippen LogP contribution in [0, 0.1) is 0 Å². The van der Waals surface area contributed by atoms with Crippen molar-refractivity contribution in [2.75, 3.05) is 53.5 Å². The van der Waals surface area contributed by atoms with Gasteiger partial charge in [-0.1, -0.05) is 12.1 Å². The van der Waals surface area contributed by atoms with Crippen LogP contribution in [0.15, 0.2) is 30.5 Å². The zero-order valence-corrected chi connectivity index (χ0v) is 23.1. The lowest BCUT2D eigenvalue weighted by atomic mass is 10.1. The molecule has 0 bridgehead atoms. The van der Waals surface area contributed by atoms with Crippen molar-refractivity contribution in [3.8, 4) is 5.75 Å². The summed E-state index contributed by atoms with van der Waals surface area (Å²) in [6.07, 6.45) is 4.07. The second-order valence-corrected chi connectivity index (χ2v) is 10.9. The van der Waals surface area contributed by atoms with Gasteiger partial charge in [0, 0.05) is 39.1 Å². The summed E-state index contributed by atoms with van der Waals surface area (Å²) in [7, 11) is -3.66. The maximum Gasteiger partial charge on any atom is 0.415 e. The van der Waals surface area contributed by atoms with Gasteiger partial charge in [0.25, 0.3) is 0 Å². The molecule has 2 aromatic rings. The summed E-state index contributed by atoms with van der Waals surface area (Å²) < 4.78 is 31.4. The number of ether oxygens (including phenoxy) is 1. The second kappa shape index (κ2) is 12.8. The number of aromatic nitrogens is 2. The van der Waals surface area contributed by atoms with Crippen molar-refractivity contribution in [1.29, 1.82) is 0 Å². The normalized spacial score (nSPS) is 14.2. The highest BCUT2D eigenvalue weighted by atomic mass is 32.2. The van der Waals surface area contributed by atoms with Crippen LogP contribution in [0.3, 0.4) is 0 Å². The lowest BCUT2D eigenvalue weighted by molar-refractivity contribution is -0.137. The summed E-state index contributed by atoms with van der Waals surface area (Å²) in [5.74, 6) is -0.290. The molecule has 38 heavy (non-hydrogen) atoms. The molecule has 3 rings (SSSR count). The predicted molar refractivity (Wildman–Crippen MR) is 145 cm³/mol. The molecule has 0 aliphatic carbocycles. The van der Waals surface area contributed by atoms with Gasteiger partial charge in [-0.25, -0.2) is 23.0 Å². The highest BCUT2D eigenvalue weighted by Gasteiger charge is 2.26. The third-order valence-electron chi connectivity index (χ3n) is 6.30. The maximum absolute atomic E-state index is 12.4. The first-order valence-corrected chi connectivity index (χ1v) is 14.6. The van der Waals surface area contributed by atoms with Crippen molar-refractivity contribution in [1.82, 2.24) is 14.9 Å². The topological polar surface area (TPSA) is 145 Å². The van der Waals surface area contributed by atoms with Crippen LogP contribution in [0.5, 0.6) is 5.75 Å². The SMILES string of the molecule is CCN(CC)c1ncc(N(CC)S(C)(=O)=O)c(N[C@@H](Cc2ccc(OC(=O)N3CCCC3)cc2)C(=O)O)n1. The van der Waals surface area contributed by atoms with Crippen molar-refractivity contribution >= 4 is 39.5 Å². The fourth-order valence-electron chi connectivity index (χ4n) is 4.26. The van der Waals surface area contributed by atoms with E-state index in [1.807, 2.05) is 18.7 Å². The molecule has 1 saturated heterocycles. The van der Waals surface area contributed by atoms with Gasteiger partial charge in [-0.3, -0.25) is 4.31 Å². The smallest absolute Gasteiger partial charge is 0.415 e. The van der Waals surface area contributed by atoms with Crippen LogP contribution < -0.4 is 19.3 Å². The van der Waals surface area contributed by atoms with Gasteiger partial charge >= 0.3 is 12.1 Å². The van der Waals surface area contributed by atoms with Gasteiger partial charge in [0.05, 0.1) is 12.5 Å². The van der Waals surface area contributed by atoms with Crippen molar-refractivity contribution in [3.63, 3.8) is 0 Å². The standard InChI is InChI=1S/C25H36N6O6S/c1-5-29(6-2)24-26-17-21(31(7-3)38(4,35)36)22(28-24)27-20(23(32)33)16-18-10-12-19(13-11-18)37-25(34)30-14-8-9-15-30/h10-13,17,20H,5-9,14-16H2,1-4H3,(H,32,33)(H,26,27,28)/t20-/m0/s1. The van der Waals surface area contributed by atoms with Crippen LogP contribution in [0.4, 0.5) is 22.2 Å². The van der Waals surface area contributed by atoms with Gasteiger partial charge < -0.3 is 25.0 Å². The highest BCUT2D eigenvalue weighted by molar-refractivity contribution is 7.92. The predicted octanol–water partition coefficient (Wildman–Crippen LogP) is 2.81. The fraction of sp³-hybridized carbons (Fsp3) is 0.520. The van der Waals surface area contributed by atoms with E-state index in [2.05, 4.69) is 15.3 Å². The molecule has 0 radical (unpaired) electrons. The zero-order chi connectivity index (χ0) is 27.9. The molecule has 1 aromatic carbocycles. The molecule has 12 nitrogen and oxygen atoms in total. The van der Waals surface area contributed by atoms with Gasteiger partial charge in [0.1, 0.15) is 17.5 Å². The van der Waals surface area contributed by atoms with Crippen molar-refractivity contribution in [2.45, 2.75) is 46.1 Å². The minimum absolute atomic E-state index is 0.0741. The zero-order valence-electron chi connectivity index (χ0n) is 22.3. The Morgan fingerprint density at radius 3 is 2.26 bits per heavy atom. The first kappa shape index (κ1) is 29.0. The number of carbonyl (C=O) groups is 2. The number of anilines is 3. The van der Waals surface area contributed by atoms with Crippen molar-refractivity contribution < 1.29 is 27.9 Å². The number of nitrogens with zero attached hydrogens (tertiary/aromatic N) is 5. The average Bonchev–Trinajstić information content (AvgIpc) is 3.41.